The molecule has 0 bridgehead atoms. The van der Waals surface area contributed by atoms with Crippen molar-refractivity contribution in [3.63, 3.8) is 0 Å². The summed E-state index contributed by atoms with van der Waals surface area (Å²) >= 11 is 0. The summed E-state index contributed by atoms with van der Waals surface area (Å²) in [4.78, 5) is 24.1. The Morgan fingerprint density at radius 2 is 2.22 bits per heavy atom. The van der Waals surface area contributed by atoms with Gasteiger partial charge in [0.25, 0.3) is 11.8 Å². The molecule has 1 atom stereocenters. The topological polar surface area (TPSA) is 93.5 Å². The molecule has 0 spiro atoms. The van der Waals surface area contributed by atoms with E-state index >= 15 is 0 Å². The van der Waals surface area contributed by atoms with Gasteiger partial charge in [0.05, 0.1) is 11.4 Å². The average Bonchev–Trinajstić information content (AvgIpc) is 2.89. The number of nitrogens with zero attached hydrogens (tertiary/aromatic N) is 1. The van der Waals surface area contributed by atoms with Crippen molar-refractivity contribution < 1.29 is 18.8 Å². The SMILES string of the molecule is CCc1noc(C)c1C(=O)Nc1ccc2c(c1)NC(=O)[C@@H](C)O2. The van der Waals surface area contributed by atoms with Gasteiger partial charge in [-0.1, -0.05) is 12.1 Å². The molecule has 2 amide bonds. The maximum atomic E-state index is 12.4. The number of hydrogen-bond acceptors (Lipinski definition) is 5. The van der Waals surface area contributed by atoms with E-state index in [1.54, 1.807) is 32.0 Å². The summed E-state index contributed by atoms with van der Waals surface area (Å²) in [6.07, 6.45) is 0.0706. The molecule has 2 aromatic rings. The molecule has 0 unspecified atom stereocenters. The molecule has 0 radical (unpaired) electrons. The summed E-state index contributed by atoms with van der Waals surface area (Å²) in [5.74, 6) is 0.536. The van der Waals surface area contributed by atoms with Crippen molar-refractivity contribution in [3.8, 4) is 5.75 Å². The number of hydrogen-bond donors (Lipinski definition) is 2. The molecule has 23 heavy (non-hydrogen) atoms. The second-order valence-corrected chi connectivity index (χ2v) is 5.33. The Morgan fingerprint density at radius 3 is 2.96 bits per heavy atom. The summed E-state index contributed by atoms with van der Waals surface area (Å²) in [6, 6.07) is 5.09. The number of rotatable bonds is 3. The van der Waals surface area contributed by atoms with E-state index in [-0.39, 0.29) is 11.8 Å². The number of nitrogens with one attached hydrogen (secondary N) is 2. The first-order valence-electron chi connectivity index (χ1n) is 7.37. The molecule has 2 N–H and O–H groups in total. The first kappa shape index (κ1) is 15.1. The number of aryl methyl sites for hydroxylation is 2. The Labute approximate surface area is 133 Å². The molecule has 1 aliphatic rings. The zero-order valence-electron chi connectivity index (χ0n) is 13.1. The quantitative estimate of drug-likeness (QED) is 0.907. The van der Waals surface area contributed by atoms with Crippen LogP contribution >= 0.6 is 0 Å². The number of anilines is 2. The molecule has 3 rings (SSSR count). The smallest absolute Gasteiger partial charge is 0.265 e. The molecule has 1 aromatic carbocycles. The monoisotopic (exact) mass is 315 g/mol. The number of benzene rings is 1. The molecular weight excluding hydrogens is 298 g/mol. The number of fused-ring (bicyclic) bond motifs is 1. The highest BCUT2D eigenvalue weighted by molar-refractivity contribution is 6.06. The lowest BCUT2D eigenvalue weighted by Gasteiger charge is -2.23. The Morgan fingerprint density at radius 1 is 1.43 bits per heavy atom. The van der Waals surface area contributed by atoms with Gasteiger partial charge in [-0.25, -0.2) is 0 Å². The molecule has 120 valence electrons. The second-order valence-electron chi connectivity index (χ2n) is 5.33. The van der Waals surface area contributed by atoms with Crippen molar-refractivity contribution in [3.05, 3.63) is 35.2 Å². The minimum atomic E-state index is -0.533. The van der Waals surface area contributed by atoms with E-state index in [1.807, 2.05) is 6.92 Å². The first-order valence-corrected chi connectivity index (χ1v) is 7.37. The number of ether oxygens (including phenoxy) is 1. The van der Waals surface area contributed by atoms with Gasteiger partial charge in [0.2, 0.25) is 0 Å². The highest BCUT2D eigenvalue weighted by atomic mass is 16.5. The van der Waals surface area contributed by atoms with Crippen molar-refractivity contribution >= 4 is 23.2 Å². The van der Waals surface area contributed by atoms with E-state index in [4.69, 9.17) is 9.26 Å². The van der Waals surface area contributed by atoms with Gasteiger partial charge in [-0.05, 0) is 38.5 Å². The third kappa shape index (κ3) is 2.77. The summed E-state index contributed by atoms with van der Waals surface area (Å²) in [6.45, 7) is 5.28. The maximum Gasteiger partial charge on any atom is 0.265 e. The van der Waals surface area contributed by atoms with Crippen LogP contribution in [0.2, 0.25) is 0 Å². The number of aromatic nitrogens is 1. The number of carbonyl (C=O) groups excluding carboxylic acids is 2. The number of amides is 2. The van der Waals surface area contributed by atoms with Crippen LogP contribution in [-0.4, -0.2) is 23.1 Å². The summed E-state index contributed by atoms with van der Waals surface area (Å²) < 4.78 is 10.6. The summed E-state index contributed by atoms with van der Waals surface area (Å²) in [7, 11) is 0. The van der Waals surface area contributed by atoms with Crippen molar-refractivity contribution in [1.29, 1.82) is 0 Å². The third-order valence-corrected chi connectivity index (χ3v) is 3.66. The Hall–Kier alpha value is -2.83. The zero-order chi connectivity index (χ0) is 16.6. The molecule has 0 fully saturated rings. The van der Waals surface area contributed by atoms with E-state index in [0.717, 1.165) is 0 Å². The highest BCUT2D eigenvalue weighted by Gasteiger charge is 2.24. The van der Waals surface area contributed by atoms with Crippen LogP contribution in [-0.2, 0) is 11.2 Å². The van der Waals surface area contributed by atoms with Gasteiger partial charge in [-0.3, -0.25) is 9.59 Å². The van der Waals surface area contributed by atoms with Gasteiger partial charge >= 0.3 is 0 Å². The van der Waals surface area contributed by atoms with Crippen molar-refractivity contribution in [2.45, 2.75) is 33.3 Å². The van der Waals surface area contributed by atoms with E-state index in [0.29, 0.717) is 40.6 Å². The van der Waals surface area contributed by atoms with Gasteiger partial charge in [0, 0.05) is 5.69 Å². The van der Waals surface area contributed by atoms with Crippen LogP contribution in [0.4, 0.5) is 11.4 Å². The van der Waals surface area contributed by atoms with Crippen LogP contribution in [0.25, 0.3) is 0 Å². The molecule has 1 aliphatic heterocycles. The molecular formula is C16H17N3O4. The minimum absolute atomic E-state index is 0.218. The largest absolute Gasteiger partial charge is 0.479 e. The average molecular weight is 315 g/mol. The second kappa shape index (κ2) is 5.75. The minimum Gasteiger partial charge on any atom is -0.479 e. The Bertz CT molecular complexity index is 782. The van der Waals surface area contributed by atoms with Crippen LogP contribution in [0.15, 0.2) is 22.7 Å². The van der Waals surface area contributed by atoms with Gasteiger partial charge in [-0.2, -0.15) is 0 Å². The van der Waals surface area contributed by atoms with Crippen LogP contribution in [0.5, 0.6) is 5.75 Å². The predicted octanol–water partition coefficient (Wildman–Crippen LogP) is 2.52. The van der Waals surface area contributed by atoms with Crippen LogP contribution in [0.1, 0.15) is 35.7 Å². The molecule has 7 nitrogen and oxygen atoms in total. The lowest BCUT2D eigenvalue weighted by molar-refractivity contribution is -0.122. The first-order chi connectivity index (χ1) is 11.0. The fourth-order valence-electron chi connectivity index (χ4n) is 2.43. The van der Waals surface area contributed by atoms with Crippen LogP contribution in [0, 0.1) is 6.92 Å². The zero-order valence-corrected chi connectivity index (χ0v) is 13.1. The van der Waals surface area contributed by atoms with E-state index in [9.17, 15) is 9.59 Å². The Kier molecular flexibility index (Phi) is 3.77. The Balaban J connectivity index is 1.84. The third-order valence-electron chi connectivity index (χ3n) is 3.66. The van der Waals surface area contributed by atoms with Gasteiger partial charge < -0.3 is 19.9 Å². The summed E-state index contributed by atoms with van der Waals surface area (Å²) in [5, 5.41) is 9.41. The normalized spacial score (nSPS) is 16.3. The molecule has 7 heteroatoms. The van der Waals surface area contributed by atoms with E-state index in [2.05, 4.69) is 15.8 Å². The van der Waals surface area contributed by atoms with Gasteiger partial charge in [0.15, 0.2) is 6.10 Å². The highest BCUT2D eigenvalue weighted by Crippen LogP contribution is 2.32. The lowest BCUT2D eigenvalue weighted by atomic mass is 10.1. The number of carbonyl (C=O) groups is 2. The van der Waals surface area contributed by atoms with Crippen molar-refractivity contribution in [2.75, 3.05) is 10.6 Å². The molecule has 0 aliphatic carbocycles. The van der Waals surface area contributed by atoms with E-state index in [1.165, 1.54) is 0 Å². The fraction of sp³-hybridized carbons (Fsp3) is 0.312. The predicted molar refractivity (Wildman–Crippen MR) is 83.7 cm³/mol. The van der Waals surface area contributed by atoms with E-state index < -0.39 is 6.10 Å². The summed E-state index contributed by atoms with van der Waals surface area (Å²) in [5.41, 5.74) is 2.14. The lowest BCUT2D eigenvalue weighted by Crippen LogP contribution is -2.34. The maximum absolute atomic E-state index is 12.4. The molecule has 2 heterocycles. The standard InChI is InChI=1S/C16H17N3O4/c1-4-11-14(8(2)23-19-11)16(21)17-10-5-6-13-12(7-10)18-15(20)9(3)22-13/h5-7,9H,4H2,1-3H3,(H,17,21)(H,18,20)/t9-/m1/s1. The van der Waals surface area contributed by atoms with Crippen molar-refractivity contribution in [1.82, 2.24) is 5.16 Å². The molecule has 0 saturated heterocycles. The fourth-order valence-corrected chi connectivity index (χ4v) is 2.43. The van der Waals surface area contributed by atoms with Crippen LogP contribution < -0.4 is 15.4 Å². The molecule has 0 saturated carbocycles. The van der Waals surface area contributed by atoms with Crippen molar-refractivity contribution in [2.24, 2.45) is 0 Å². The van der Waals surface area contributed by atoms with Gasteiger partial charge in [-0.15, -0.1) is 0 Å². The van der Waals surface area contributed by atoms with Crippen LogP contribution in [0.3, 0.4) is 0 Å². The molecule has 1 aromatic heterocycles. The van der Waals surface area contributed by atoms with Gasteiger partial charge in [0.1, 0.15) is 17.1 Å².